The molecule has 4 saturated carbocycles. The van der Waals surface area contributed by atoms with Crippen LogP contribution < -0.4 is 4.74 Å². The van der Waals surface area contributed by atoms with Gasteiger partial charge in [-0.05, 0) is 74.7 Å². The Balaban J connectivity index is 1.07. The molecule has 2 aromatic rings. The van der Waals surface area contributed by atoms with E-state index in [2.05, 4.69) is 0 Å². The standard InChI is InChI=1S/C25H30O5/c1-17(29-24(26)30-23-8-4-6-21-5-2-3-7-22(21)23)27-9-10-28-25-14-18-11-19(15-25)13-20(12-18)16-25/h2-8,17-20H,9-16H2,1H3. The third kappa shape index (κ3) is 4.19. The summed E-state index contributed by atoms with van der Waals surface area (Å²) in [6.07, 6.45) is 6.40. The largest absolute Gasteiger partial charge is 0.516 e. The monoisotopic (exact) mass is 410 g/mol. The Hall–Kier alpha value is -2.11. The number of ether oxygens (including phenoxy) is 4. The Morgan fingerprint density at radius 2 is 1.63 bits per heavy atom. The van der Waals surface area contributed by atoms with E-state index in [-0.39, 0.29) is 5.60 Å². The van der Waals surface area contributed by atoms with Gasteiger partial charge in [-0.15, -0.1) is 0 Å². The van der Waals surface area contributed by atoms with Gasteiger partial charge >= 0.3 is 6.16 Å². The smallest absolute Gasteiger partial charge is 0.404 e. The topological polar surface area (TPSA) is 54.0 Å². The summed E-state index contributed by atoms with van der Waals surface area (Å²) in [5, 5.41) is 1.88. The lowest BCUT2D eigenvalue weighted by Gasteiger charge is -2.56. The van der Waals surface area contributed by atoms with Crippen molar-refractivity contribution in [3.05, 3.63) is 42.5 Å². The van der Waals surface area contributed by atoms with Crippen molar-refractivity contribution in [2.45, 2.75) is 57.3 Å². The van der Waals surface area contributed by atoms with Crippen LogP contribution >= 0.6 is 0 Å². The van der Waals surface area contributed by atoms with Crippen molar-refractivity contribution in [2.75, 3.05) is 13.2 Å². The molecule has 1 atom stereocenters. The van der Waals surface area contributed by atoms with Crippen molar-refractivity contribution >= 4 is 16.9 Å². The Morgan fingerprint density at radius 3 is 2.37 bits per heavy atom. The Morgan fingerprint density at radius 1 is 0.967 bits per heavy atom. The van der Waals surface area contributed by atoms with Gasteiger partial charge in [-0.3, -0.25) is 0 Å². The molecule has 0 aromatic heterocycles. The maximum Gasteiger partial charge on any atom is 0.516 e. The molecule has 4 aliphatic rings. The lowest BCUT2D eigenvalue weighted by atomic mass is 9.54. The average molecular weight is 411 g/mol. The summed E-state index contributed by atoms with van der Waals surface area (Å²) < 4.78 is 22.7. The highest BCUT2D eigenvalue weighted by Crippen LogP contribution is 2.57. The molecular weight excluding hydrogens is 380 g/mol. The van der Waals surface area contributed by atoms with Crippen LogP contribution in [0.3, 0.4) is 0 Å². The van der Waals surface area contributed by atoms with Gasteiger partial charge in [-0.2, -0.15) is 0 Å². The van der Waals surface area contributed by atoms with E-state index in [9.17, 15) is 4.79 Å². The van der Waals surface area contributed by atoms with Crippen molar-refractivity contribution < 1.29 is 23.7 Å². The van der Waals surface area contributed by atoms with Crippen LogP contribution in [0.4, 0.5) is 4.79 Å². The predicted molar refractivity (Wildman–Crippen MR) is 113 cm³/mol. The first-order valence-electron chi connectivity index (χ1n) is 11.2. The summed E-state index contributed by atoms with van der Waals surface area (Å²) in [5.41, 5.74) is 0.0789. The zero-order valence-corrected chi connectivity index (χ0v) is 17.5. The Labute approximate surface area is 177 Å². The normalized spacial score (nSPS) is 30.4. The number of carbonyl (C=O) groups is 1. The van der Waals surface area contributed by atoms with Crippen molar-refractivity contribution in [1.29, 1.82) is 0 Å². The molecule has 1 unspecified atom stereocenters. The van der Waals surface area contributed by atoms with Crippen molar-refractivity contribution in [2.24, 2.45) is 17.8 Å². The molecule has 0 radical (unpaired) electrons. The van der Waals surface area contributed by atoms with E-state index >= 15 is 0 Å². The number of hydrogen-bond donors (Lipinski definition) is 0. The van der Waals surface area contributed by atoms with Crippen molar-refractivity contribution in [1.82, 2.24) is 0 Å². The van der Waals surface area contributed by atoms with Gasteiger partial charge in [-0.1, -0.05) is 36.4 Å². The van der Waals surface area contributed by atoms with Gasteiger partial charge < -0.3 is 18.9 Å². The summed E-state index contributed by atoms with van der Waals surface area (Å²) in [6, 6.07) is 13.3. The van der Waals surface area contributed by atoms with Gasteiger partial charge in [0, 0.05) is 5.39 Å². The van der Waals surface area contributed by atoms with E-state index in [1.54, 1.807) is 13.0 Å². The molecule has 4 aliphatic carbocycles. The molecule has 4 bridgehead atoms. The zero-order chi connectivity index (χ0) is 20.6. The molecular formula is C25H30O5. The van der Waals surface area contributed by atoms with Gasteiger partial charge in [0.25, 0.3) is 0 Å². The van der Waals surface area contributed by atoms with Gasteiger partial charge in [0.15, 0.2) is 0 Å². The van der Waals surface area contributed by atoms with Crippen LogP contribution in [0.1, 0.15) is 45.4 Å². The number of benzene rings is 2. The van der Waals surface area contributed by atoms with E-state index in [1.807, 2.05) is 36.4 Å². The minimum absolute atomic E-state index is 0.0789. The second-order valence-corrected chi connectivity index (χ2v) is 9.33. The fourth-order valence-corrected chi connectivity index (χ4v) is 6.25. The summed E-state index contributed by atoms with van der Waals surface area (Å²) in [7, 11) is 0. The van der Waals surface area contributed by atoms with Crippen molar-refractivity contribution in [3.8, 4) is 5.75 Å². The molecule has 0 N–H and O–H groups in total. The molecule has 2 aromatic carbocycles. The molecule has 160 valence electrons. The molecule has 0 spiro atoms. The number of rotatable bonds is 7. The fraction of sp³-hybridized carbons (Fsp3) is 0.560. The van der Waals surface area contributed by atoms with E-state index in [0.29, 0.717) is 19.0 Å². The lowest BCUT2D eigenvalue weighted by molar-refractivity contribution is -0.181. The summed E-state index contributed by atoms with van der Waals surface area (Å²) in [5.74, 6) is 3.07. The first-order valence-corrected chi connectivity index (χ1v) is 11.2. The van der Waals surface area contributed by atoms with Crippen LogP contribution in [0.2, 0.25) is 0 Å². The van der Waals surface area contributed by atoms with E-state index in [1.165, 1.54) is 38.5 Å². The molecule has 0 aliphatic heterocycles. The highest BCUT2D eigenvalue weighted by atomic mass is 16.8. The molecule has 6 rings (SSSR count). The first kappa shape index (κ1) is 19.8. The van der Waals surface area contributed by atoms with Gasteiger partial charge in [0.05, 0.1) is 18.8 Å². The minimum Gasteiger partial charge on any atom is -0.404 e. The maximum atomic E-state index is 12.2. The SMILES string of the molecule is CC(OCCOC12CC3CC(CC(C3)C1)C2)OC(=O)Oc1cccc2ccccc12. The quantitative estimate of drug-likeness (QED) is 0.253. The Bertz CT molecular complexity index is 867. The number of carbonyl (C=O) groups excluding carboxylic acids is 1. The maximum absolute atomic E-state index is 12.2. The highest BCUT2D eigenvalue weighted by Gasteiger charge is 2.51. The van der Waals surface area contributed by atoms with Crippen LogP contribution in [-0.4, -0.2) is 31.3 Å². The third-order valence-corrected chi connectivity index (χ3v) is 7.03. The molecule has 0 amide bonds. The molecule has 5 heteroatoms. The van der Waals surface area contributed by atoms with E-state index in [4.69, 9.17) is 18.9 Å². The Kier molecular flexibility index (Phi) is 5.42. The van der Waals surface area contributed by atoms with Crippen molar-refractivity contribution in [3.63, 3.8) is 0 Å². The van der Waals surface area contributed by atoms with Crippen LogP contribution in [0, 0.1) is 17.8 Å². The second-order valence-electron chi connectivity index (χ2n) is 9.33. The number of hydrogen-bond acceptors (Lipinski definition) is 5. The molecule has 5 nitrogen and oxygen atoms in total. The van der Waals surface area contributed by atoms with Crippen LogP contribution in [0.5, 0.6) is 5.75 Å². The van der Waals surface area contributed by atoms with Gasteiger partial charge in [0.1, 0.15) is 5.75 Å². The predicted octanol–water partition coefficient (Wildman–Crippen LogP) is 5.70. The van der Waals surface area contributed by atoms with E-state index in [0.717, 1.165) is 28.5 Å². The lowest BCUT2D eigenvalue weighted by Crippen LogP contribution is -2.52. The molecule has 0 heterocycles. The van der Waals surface area contributed by atoms with Gasteiger partial charge in [0.2, 0.25) is 6.29 Å². The zero-order valence-electron chi connectivity index (χ0n) is 17.5. The van der Waals surface area contributed by atoms with E-state index < -0.39 is 12.4 Å². The molecule has 4 fully saturated rings. The summed E-state index contributed by atoms with van der Waals surface area (Å²) >= 11 is 0. The van der Waals surface area contributed by atoms with Gasteiger partial charge in [-0.25, -0.2) is 4.79 Å². The average Bonchev–Trinajstić information content (AvgIpc) is 2.70. The fourth-order valence-electron chi connectivity index (χ4n) is 6.25. The first-order chi connectivity index (χ1) is 14.6. The third-order valence-electron chi connectivity index (χ3n) is 7.03. The summed E-state index contributed by atoms with van der Waals surface area (Å²) in [6.45, 7) is 2.65. The van der Waals surface area contributed by atoms with Crippen LogP contribution in [0.25, 0.3) is 10.8 Å². The highest BCUT2D eigenvalue weighted by molar-refractivity contribution is 5.89. The summed E-state index contributed by atoms with van der Waals surface area (Å²) in [4.78, 5) is 12.2. The van der Waals surface area contributed by atoms with Crippen LogP contribution in [0.15, 0.2) is 42.5 Å². The molecule has 30 heavy (non-hydrogen) atoms. The second kappa shape index (κ2) is 8.20. The molecule has 0 saturated heterocycles. The minimum atomic E-state index is -0.763. The number of fused-ring (bicyclic) bond motifs is 1. The van der Waals surface area contributed by atoms with Crippen LogP contribution in [-0.2, 0) is 14.2 Å².